The molecule has 1 amide bonds. The Hall–Kier alpha value is -2.24. The van der Waals surface area contributed by atoms with Crippen molar-refractivity contribution in [1.29, 1.82) is 0 Å². The van der Waals surface area contributed by atoms with Gasteiger partial charge in [0.2, 0.25) is 0 Å². The fourth-order valence-corrected chi connectivity index (χ4v) is 2.95. The number of rotatable bonds is 7. The van der Waals surface area contributed by atoms with E-state index in [9.17, 15) is 9.59 Å². The number of ether oxygens (including phenoxy) is 3. The zero-order valence-corrected chi connectivity index (χ0v) is 15.2. The van der Waals surface area contributed by atoms with E-state index >= 15 is 0 Å². The molecule has 1 saturated heterocycles. The largest absolute Gasteiger partial charge is 0.497 e. The van der Waals surface area contributed by atoms with Gasteiger partial charge in [0.15, 0.2) is 6.10 Å². The van der Waals surface area contributed by atoms with Gasteiger partial charge in [-0.2, -0.15) is 0 Å². The molecule has 0 radical (unpaired) electrons. The number of hydrogen-bond donors (Lipinski definition) is 0. The van der Waals surface area contributed by atoms with E-state index in [1.54, 1.807) is 25.0 Å². The lowest BCUT2D eigenvalue weighted by atomic mass is 9.96. The number of piperidine rings is 1. The Labute approximate surface area is 149 Å². The Morgan fingerprint density at radius 3 is 2.48 bits per heavy atom. The molecule has 2 rings (SSSR count). The molecule has 1 aromatic rings. The van der Waals surface area contributed by atoms with Gasteiger partial charge in [0.1, 0.15) is 11.5 Å². The van der Waals surface area contributed by atoms with Crippen LogP contribution in [0.15, 0.2) is 24.3 Å². The van der Waals surface area contributed by atoms with Gasteiger partial charge in [-0.05, 0) is 38.3 Å². The number of amides is 1. The quantitative estimate of drug-likeness (QED) is 0.708. The van der Waals surface area contributed by atoms with E-state index in [0.717, 1.165) is 0 Å². The van der Waals surface area contributed by atoms with Crippen molar-refractivity contribution in [3.05, 3.63) is 24.3 Å². The maximum absolute atomic E-state index is 12.7. The molecule has 0 N–H and O–H groups in total. The second kappa shape index (κ2) is 9.30. The molecule has 1 aliphatic rings. The normalized spacial score (nSPS) is 16.2. The van der Waals surface area contributed by atoms with Crippen LogP contribution in [0.3, 0.4) is 0 Å². The molecule has 138 valence electrons. The van der Waals surface area contributed by atoms with Gasteiger partial charge in [-0.3, -0.25) is 9.59 Å². The molecule has 0 aliphatic carbocycles. The summed E-state index contributed by atoms with van der Waals surface area (Å²) in [6.07, 6.45) is 1.32. The van der Waals surface area contributed by atoms with Gasteiger partial charge in [-0.25, -0.2) is 0 Å². The number of esters is 1. The van der Waals surface area contributed by atoms with Crippen molar-refractivity contribution in [3.63, 3.8) is 0 Å². The first-order valence-corrected chi connectivity index (χ1v) is 8.85. The summed E-state index contributed by atoms with van der Waals surface area (Å²) < 4.78 is 16.1. The maximum atomic E-state index is 12.7. The molecular weight excluding hydrogens is 322 g/mol. The molecule has 1 aliphatic heterocycles. The van der Waals surface area contributed by atoms with Crippen molar-refractivity contribution in [3.8, 4) is 11.5 Å². The Kier molecular flexibility index (Phi) is 7.10. The molecule has 1 atom stereocenters. The highest BCUT2D eigenvalue weighted by molar-refractivity contribution is 5.81. The minimum Gasteiger partial charge on any atom is -0.497 e. The summed E-state index contributed by atoms with van der Waals surface area (Å²) in [4.78, 5) is 26.3. The van der Waals surface area contributed by atoms with Crippen LogP contribution >= 0.6 is 0 Å². The SMILES string of the molecule is CCOC(=O)C1CCN(C(=O)C(CC)Oc2cccc(OC)c2)CC1. The predicted molar refractivity (Wildman–Crippen MR) is 93.6 cm³/mol. The average Bonchev–Trinajstić information content (AvgIpc) is 2.66. The number of likely N-dealkylation sites (tertiary alicyclic amines) is 1. The van der Waals surface area contributed by atoms with Crippen molar-refractivity contribution < 1.29 is 23.8 Å². The van der Waals surface area contributed by atoms with Gasteiger partial charge in [-0.1, -0.05) is 13.0 Å². The van der Waals surface area contributed by atoms with Crippen LogP contribution in [0.5, 0.6) is 11.5 Å². The minimum absolute atomic E-state index is 0.0346. The van der Waals surface area contributed by atoms with E-state index < -0.39 is 6.10 Å². The van der Waals surface area contributed by atoms with Gasteiger partial charge >= 0.3 is 5.97 Å². The van der Waals surface area contributed by atoms with Crippen LogP contribution in [0, 0.1) is 5.92 Å². The van der Waals surface area contributed by atoms with E-state index in [1.807, 2.05) is 25.1 Å². The Morgan fingerprint density at radius 1 is 1.20 bits per heavy atom. The van der Waals surface area contributed by atoms with E-state index in [4.69, 9.17) is 14.2 Å². The van der Waals surface area contributed by atoms with Gasteiger partial charge < -0.3 is 19.1 Å². The number of nitrogens with zero attached hydrogens (tertiary/aromatic N) is 1. The zero-order valence-electron chi connectivity index (χ0n) is 15.2. The number of hydrogen-bond acceptors (Lipinski definition) is 5. The smallest absolute Gasteiger partial charge is 0.309 e. The first-order chi connectivity index (χ1) is 12.1. The first kappa shape index (κ1) is 19.1. The Bertz CT molecular complexity index is 581. The third-order valence-corrected chi connectivity index (χ3v) is 4.39. The number of methoxy groups -OCH3 is 1. The highest BCUT2D eigenvalue weighted by Crippen LogP contribution is 2.23. The molecule has 1 heterocycles. The topological polar surface area (TPSA) is 65.1 Å². The van der Waals surface area contributed by atoms with Crippen molar-refractivity contribution in [2.75, 3.05) is 26.8 Å². The van der Waals surface area contributed by atoms with E-state index in [2.05, 4.69) is 0 Å². The number of carbonyl (C=O) groups is 2. The van der Waals surface area contributed by atoms with Gasteiger partial charge in [0, 0.05) is 19.2 Å². The van der Waals surface area contributed by atoms with Gasteiger partial charge in [-0.15, -0.1) is 0 Å². The highest BCUT2D eigenvalue weighted by Gasteiger charge is 2.31. The molecule has 1 unspecified atom stereocenters. The monoisotopic (exact) mass is 349 g/mol. The molecule has 0 saturated carbocycles. The fraction of sp³-hybridized carbons (Fsp3) is 0.579. The Balaban J connectivity index is 1.92. The Morgan fingerprint density at radius 2 is 1.88 bits per heavy atom. The standard InChI is InChI=1S/C19H27NO5/c1-4-17(25-16-8-6-7-15(13-16)23-3)18(21)20-11-9-14(10-12-20)19(22)24-5-2/h6-8,13-14,17H,4-5,9-12H2,1-3H3. The third-order valence-electron chi connectivity index (χ3n) is 4.39. The van der Waals surface area contributed by atoms with E-state index in [0.29, 0.717) is 50.5 Å². The van der Waals surface area contributed by atoms with Gasteiger partial charge in [0.25, 0.3) is 5.91 Å². The maximum Gasteiger partial charge on any atom is 0.309 e. The zero-order chi connectivity index (χ0) is 18.2. The first-order valence-electron chi connectivity index (χ1n) is 8.85. The molecule has 0 aromatic heterocycles. The molecule has 0 spiro atoms. The molecule has 1 aromatic carbocycles. The summed E-state index contributed by atoms with van der Waals surface area (Å²) in [6, 6.07) is 7.24. The summed E-state index contributed by atoms with van der Waals surface area (Å²) in [5.41, 5.74) is 0. The average molecular weight is 349 g/mol. The number of carbonyl (C=O) groups excluding carboxylic acids is 2. The minimum atomic E-state index is -0.536. The van der Waals surface area contributed by atoms with Gasteiger partial charge in [0.05, 0.1) is 19.6 Å². The number of benzene rings is 1. The summed E-state index contributed by atoms with van der Waals surface area (Å²) >= 11 is 0. The van der Waals surface area contributed by atoms with E-state index in [-0.39, 0.29) is 17.8 Å². The van der Waals surface area contributed by atoms with Crippen LogP contribution in [-0.2, 0) is 14.3 Å². The van der Waals surface area contributed by atoms with Crippen LogP contribution in [0.25, 0.3) is 0 Å². The van der Waals surface area contributed by atoms with E-state index in [1.165, 1.54) is 0 Å². The lowest BCUT2D eigenvalue weighted by molar-refractivity contribution is -0.152. The second-order valence-electron chi connectivity index (χ2n) is 6.05. The van der Waals surface area contributed by atoms with Crippen LogP contribution in [0.4, 0.5) is 0 Å². The van der Waals surface area contributed by atoms with Crippen molar-refractivity contribution >= 4 is 11.9 Å². The lowest BCUT2D eigenvalue weighted by Crippen LogP contribution is -2.46. The highest BCUT2D eigenvalue weighted by atomic mass is 16.5. The fourth-order valence-electron chi connectivity index (χ4n) is 2.95. The van der Waals surface area contributed by atoms with Crippen LogP contribution < -0.4 is 9.47 Å². The summed E-state index contributed by atoms with van der Waals surface area (Å²) in [6.45, 7) is 5.23. The predicted octanol–water partition coefficient (Wildman–Crippen LogP) is 2.65. The van der Waals surface area contributed by atoms with Crippen molar-refractivity contribution in [2.24, 2.45) is 5.92 Å². The molecule has 1 fully saturated rings. The van der Waals surface area contributed by atoms with Crippen molar-refractivity contribution in [1.82, 2.24) is 4.90 Å². The van der Waals surface area contributed by atoms with Crippen molar-refractivity contribution in [2.45, 2.75) is 39.2 Å². The summed E-state index contributed by atoms with van der Waals surface area (Å²) in [5.74, 6) is 1.00. The van der Waals surface area contributed by atoms with Crippen LogP contribution in [-0.4, -0.2) is 49.7 Å². The summed E-state index contributed by atoms with van der Waals surface area (Å²) in [7, 11) is 1.59. The molecule has 6 heteroatoms. The lowest BCUT2D eigenvalue weighted by Gasteiger charge is -2.33. The van der Waals surface area contributed by atoms with Crippen LogP contribution in [0.1, 0.15) is 33.1 Å². The molecule has 25 heavy (non-hydrogen) atoms. The molecule has 6 nitrogen and oxygen atoms in total. The third kappa shape index (κ3) is 5.11. The van der Waals surface area contributed by atoms with Crippen LogP contribution in [0.2, 0.25) is 0 Å². The summed E-state index contributed by atoms with van der Waals surface area (Å²) in [5, 5.41) is 0. The second-order valence-corrected chi connectivity index (χ2v) is 6.05. The molecule has 0 bridgehead atoms. The molecular formula is C19H27NO5.